The summed E-state index contributed by atoms with van der Waals surface area (Å²) in [5.41, 5.74) is 3.90. The van der Waals surface area contributed by atoms with Gasteiger partial charge in [0.1, 0.15) is 11.8 Å². The molecule has 1 atom stereocenters. The summed E-state index contributed by atoms with van der Waals surface area (Å²) in [6.45, 7) is 4.00. The standard InChI is InChI=1S/C25H20ClN5O/c1-15-6-3-8-18(12-15)31-21(13-17-7-4-9-19(26)22(17)25(31)32)16(2)30-24-23-20(28-14-29-24)10-5-11-27-23/h3-14,16H,1-2H3,(H,28,29,30)/t16-/m0/s1. The van der Waals surface area contributed by atoms with E-state index in [0.29, 0.717) is 21.7 Å². The molecule has 0 aliphatic rings. The highest BCUT2D eigenvalue weighted by atomic mass is 35.5. The van der Waals surface area contributed by atoms with Gasteiger partial charge in [0.25, 0.3) is 5.56 Å². The van der Waals surface area contributed by atoms with E-state index in [1.165, 1.54) is 6.33 Å². The minimum atomic E-state index is -0.258. The maximum absolute atomic E-state index is 13.7. The van der Waals surface area contributed by atoms with Gasteiger partial charge in [-0.15, -0.1) is 0 Å². The second-order valence-corrected chi connectivity index (χ2v) is 8.12. The Morgan fingerprint density at radius 2 is 1.84 bits per heavy atom. The highest BCUT2D eigenvalue weighted by Gasteiger charge is 2.19. The smallest absolute Gasteiger partial charge is 0.264 e. The van der Waals surface area contributed by atoms with Crippen LogP contribution in [0.3, 0.4) is 0 Å². The predicted molar refractivity (Wildman–Crippen MR) is 129 cm³/mol. The lowest BCUT2D eigenvalue weighted by Crippen LogP contribution is -2.26. The molecule has 3 aromatic heterocycles. The summed E-state index contributed by atoms with van der Waals surface area (Å²) >= 11 is 6.43. The summed E-state index contributed by atoms with van der Waals surface area (Å²) in [5, 5.41) is 5.16. The average molecular weight is 442 g/mol. The van der Waals surface area contributed by atoms with E-state index < -0.39 is 0 Å². The first kappa shape index (κ1) is 20.2. The van der Waals surface area contributed by atoms with Crippen LogP contribution in [-0.2, 0) is 0 Å². The van der Waals surface area contributed by atoms with Gasteiger partial charge in [0.2, 0.25) is 0 Å². The summed E-state index contributed by atoms with van der Waals surface area (Å²) in [4.78, 5) is 26.8. The molecule has 0 bridgehead atoms. The van der Waals surface area contributed by atoms with E-state index in [4.69, 9.17) is 11.6 Å². The normalized spacial score (nSPS) is 12.2. The Kier molecular flexibility index (Phi) is 5.07. The van der Waals surface area contributed by atoms with Gasteiger partial charge >= 0.3 is 0 Å². The van der Waals surface area contributed by atoms with Crippen molar-refractivity contribution >= 4 is 39.2 Å². The molecule has 6 nitrogen and oxygen atoms in total. The number of rotatable bonds is 4. The third-order valence-corrected chi connectivity index (χ3v) is 5.79. The maximum Gasteiger partial charge on any atom is 0.264 e. The molecular weight excluding hydrogens is 422 g/mol. The molecule has 0 amide bonds. The van der Waals surface area contributed by atoms with E-state index in [1.807, 2.05) is 68.4 Å². The number of nitrogens with zero attached hydrogens (tertiary/aromatic N) is 4. The van der Waals surface area contributed by atoms with Gasteiger partial charge in [-0.05, 0) is 61.2 Å². The van der Waals surface area contributed by atoms with Gasteiger partial charge in [-0.1, -0.05) is 35.9 Å². The van der Waals surface area contributed by atoms with Crippen LogP contribution in [-0.4, -0.2) is 19.5 Å². The lowest BCUT2D eigenvalue weighted by molar-refractivity contribution is 0.773. The van der Waals surface area contributed by atoms with Gasteiger partial charge in [0.15, 0.2) is 5.82 Å². The largest absolute Gasteiger partial charge is 0.360 e. The molecule has 3 heterocycles. The van der Waals surface area contributed by atoms with Gasteiger partial charge < -0.3 is 5.32 Å². The third-order valence-electron chi connectivity index (χ3n) is 5.48. The maximum atomic E-state index is 13.7. The van der Waals surface area contributed by atoms with E-state index in [9.17, 15) is 4.79 Å². The van der Waals surface area contributed by atoms with Crippen molar-refractivity contribution in [1.29, 1.82) is 0 Å². The molecule has 2 aromatic carbocycles. The lowest BCUT2D eigenvalue weighted by atomic mass is 10.1. The van der Waals surface area contributed by atoms with Crippen molar-refractivity contribution in [2.45, 2.75) is 19.9 Å². The third kappa shape index (κ3) is 3.48. The van der Waals surface area contributed by atoms with E-state index >= 15 is 0 Å². The summed E-state index contributed by atoms with van der Waals surface area (Å²) in [5.74, 6) is 0.609. The number of fused-ring (bicyclic) bond motifs is 2. The van der Waals surface area contributed by atoms with Gasteiger partial charge in [-0.25, -0.2) is 9.97 Å². The van der Waals surface area contributed by atoms with E-state index in [-0.39, 0.29) is 11.6 Å². The molecule has 0 aliphatic carbocycles. The fourth-order valence-corrected chi connectivity index (χ4v) is 4.23. The number of benzene rings is 2. The quantitative estimate of drug-likeness (QED) is 0.400. The van der Waals surface area contributed by atoms with Crippen molar-refractivity contribution in [2.24, 2.45) is 0 Å². The molecule has 5 rings (SSSR count). The number of hydrogen-bond acceptors (Lipinski definition) is 5. The number of halogens is 1. The van der Waals surface area contributed by atoms with Gasteiger partial charge in [-0.3, -0.25) is 14.3 Å². The Morgan fingerprint density at radius 3 is 2.69 bits per heavy atom. The predicted octanol–water partition coefficient (Wildman–Crippen LogP) is 5.46. The lowest BCUT2D eigenvalue weighted by Gasteiger charge is -2.22. The summed E-state index contributed by atoms with van der Waals surface area (Å²) in [7, 11) is 0. The molecule has 32 heavy (non-hydrogen) atoms. The first-order chi connectivity index (χ1) is 15.5. The molecule has 0 unspecified atom stereocenters. The first-order valence-corrected chi connectivity index (χ1v) is 10.6. The molecule has 7 heteroatoms. The number of anilines is 1. The van der Waals surface area contributed by atoms with Crippen LogP contribution in [0.2, 0.25) is 5.02 Å². The SMILES string of the molecule is Cc1cccc(-n2c([C@H](C)Nc3ncnc4cccnc34)cc3cccc(Cl)c3c2=O)c1. The van der Waals surface area contributed by atoms with Crippen molar-refractivity contribution < 1.29 is 0 Å². The minimum Gasteiger partial charge on any atom is -0.360 e. The van der Waals surface area contributed by atoms with Crippen LogP contribution in [0.1, 0.15) is 24.2 Å². The number of hydrogen-bond donors (Lipinski definition) is 1. The van der Waals surface area contributed by atoms with Crippen molar-refractivity contribution in [3.63, 3.8) is 0 Å². The Morgan fingerprint density at radius 1 is 1.00 bits per heavy atom. The monoisotopic (exact) mass is 441 g/mol. The van der Waals surface area contributed by atoms with Crippen LogP contribution >= 0.6 is 11.6 Å². The summed E-state index contributed by atoms with van der Waals surface area (Å²) in [6, 6.07) is 18.8. The highest BCUT2D eigenvalue weighted by Crippen LogP contribution is 2.28. The molecule has 0 aliphatic heterocycles. The van der Waals surface area contributed by atoms with Gasteiger partial charge in [0, 0.05) is 17.6 Å². The zero-order valence-electron chi connectivity index (χ0n) is 17.6. The molecule has 0 saturated carbocycles. The van der Waals surface area contributed by atoms with Crippen LogP contribution < -0.4 is 10.9 Å². The van der Waals surface area contributed by atoms with Crippen LogP contribution in [0.15, 0.2) is 78.0 Å². The molecule has 5 aromatic rings. The van der Waals surface area contributed by atoms with E-state index in [1.54, 1.807) is 16.8 Å². The zero-order chi connectivity index (χ0) is 22.2. The van der Waals surface area contributed by atoms with Gasteiger partial charge in [0.05, 0.1) is 22.0 Å². The Hall–Kier alpha value is -3.77. The molecule has 0 fully saturated rings. The topological polar surface area (TPSA) is 72.7 Å². The van der Waals surface area contributed by atoms with Crippen molar-refractivity contribution in [2.75, 3.05) is 5.32 Å². The molecule has 158 valence electrons. The average Bonchev–Trinajstić information content (AvgIpc) is 2.79. The van der Waals surface area contributed by atoms with Crippen LogP contribution in [0.25, 0.3) is 27.5 Å². The van der Waals surface area contributed by atoms with Crippen molar-refractivity contribution in [1.82, 2.24) is 19.5 Å². The summed E-state index contributed by atoms with van der Waals surface area (Å²) < 4.78 is 1.72. The van der Waals surface area contributed by atoms with Gasteiger partial charge in [-0.2, -0.15) is 0 Å². The number of aryl methyl sites for hydroxylation is 1. The van der Waals surface area contributed by atoms with Crippen LogP contribution in [0.4, 0.5) is 5.82 Å². The summed E-state index contributed by atoms with van der Waals surface area (Å²) in [6.07, 6.45) is 3.22. The molecule has 0 radical (unpaired) electrons. The first-order valence-electron chi connectivity index (χ1n) is 10.3. The zero-order valence-corrected chi connectivity index (χ0v) is 18.3. The number of nitrogens with one attached hydrogen (secondary N) is 1. The fraction of sp³-hybridized carbons (Fsp3) is 0.120. The molecular formula is C25H20ClN5O. The molecule has 0 saturated heterocycles. The van der Waals surface area contributed by atoms with E-state index in [0.717, 1.165) is 27.8 Å². The highest BCUT2D eigenvalue weighted by molar-refractivity contribution is 6.35. The van der Waals surface area contributed by atoms with E-state index in [2.05, 4.69) is 20.3 Å². The van der Waals surface area contributed by atoms with Crippen molar-refractivity contribution in [3.05, 3.63) is 99.8 Å². The Bertz CT molecular complexity index is 1520. The molecule has 0 spiro atoms. The Balaban J connectivity index is 1.72. The second-order valence-electron chi connectivity index (χ2n) is 7.71. The van der Waals surface area contributed by atoms with Crippen LogP contribution in [0.5, 0.6) is 0 Å². The Labute approximate surface area is 189 Å². The minimum absolute atomic E-state index is 0.159. The number of pyridine rings is 2. The second kappa shape index (κ2) is 8.05. The van der Waals surface area contributed by atoms with Crippen molar-refractivity contribution in [3.8, 4) is 5.69 Å². The van der Waals surface area contributed by atoms with Crippen LogP contribution in [0, 0.1) is 6.92 Å². The fourth-order valence-electron chi connectivity index (χ4n) is 3.97. The number of aromatic nitrogens is 4. The molecule has 1 N–H and O–H groups in total.